The summed E-state index contributed by atoms with van der Waals surface area (Å²) >= 11 is 0. The van der Waals surface area contributed by atoms with Crippen LogP contribution in [0.15, 0.2) is 18.2 Å². The lowest BCUT2D eigenvalue weighted by Crippen LogP contribution is -2.44. The quantitative estimate of drug-likeness (QED) is 0.829. The molecule has 1 atom stereocenters. The highest BCUT2D eigenvalue weighted by Gasteiger charge is 2.40. The monoisotopic (exact) mass is 247 g/mol. The van der Waals surface area contributed by atoms with Gasteiger partial charge in [-0.25, -0.2) is 0 Å². The van der Waals surface area contributed by atoms with E-state index in [1.165, 1.54) is 19.3 Å². The standard InChI is InChI=1S/C15H21NO2/c1-17-11-5-6-12-13(16)10-15(18-14(12)9-11)7-3-2-4-8-15/h5-6,9,13H,2-4,7-8,10,16H2,1H3/t13-/m0/s1. The van der Waals surface area contributed by atoms with Crippen molar-refractivity contribution in [3.8, 4) is 11.5 Å². The van der Waals surface area contributed by atoms with Crippen LogP contribution in [0.4, 0.5) is 0 Å². The molecule has 0 saturated heterocycles. The van der Waals surface area contributed by atoms with Crippen molar-refractivity contribution in [1.29, 1.82) is 0 Å². The molecule has 2 aliphatic rings. The molecule has 0 unspecified atom stereocenters. The van der Waals surface area contributed by atoms with Crippen molar-refractivity contribution in [1.82, 2.24) is 0 Å². The SMILES string of the molecule is COc1ccc2c(c1)OC1(CCCCC1)C[C@@H]2N. The van der Waals surface area contributed by atoms with Gasteiger partial charge in [-0.3, -0.25) is 0 Å². The van der Waals surface area contributed by atoms with Crippen molar-refractivity contribution in [3.63, 3.8) is 0 Å². The van der Waals surface area contributed by atoms with Gasteiger partial charge < -0.3 is 15.2 Å². The van der Waals surface area contributed by atoms with Crippen LogP contribution in [0.5, 0.6) is 11.5 Å². The summed E-state index contributed by atoms with van der Waals surface area (Å²) < 4.78 is 11.6. The van der Waals surface area contributed by atoms with Crippen LogP contribution < -0.4 is 15.2 Å². The molecule has 3 rings (SSSR count). The molecular formula is C15H21NO2. The van der Waals surface area contributed by atoms with Crippen molar-refractivity contribution < 1.29 is 9.47 Å². The number of fused-ring (bicyclic) bond motifs is 1. The molecule has 1 aromatic rings. The maximum absolute atomic E-state index is 6.32. The van der Waals surface area contributed by atoms with Gasteiger partial charge in [0, 0.05) is 24.1 Å². The van der Waals surface area contributed by atoms with Crippen molar-refractivity contribution in [2.24, 2.45) is 5.73 Å². The number of ether oxygens (including phenoxy) is 2. The van der Waals surface area contributed by atoms with Crippen LogP contribution in [0.3, 0.4) is 0 Å². The zero-order chi connectivity index (χ0) is 12.6. The van der Waals surface area contributed by atoms with Crippen molar-refractivity contribution >= 4 is 0 Å². The molecule has 98 valence electrons. The van der Waals surface area contributed by atoms with E-state index in [9.17, 15) is 0 Å². The van der Waals surface area contributed by atoms with Crippen LogP contribution in [-0.4, -0.2) is 12.7 Å². The predicted molar refractivity (Wildman–Crippen MR) is 71.0 cm³/mol. The van der Waals surface area contributed by atoms with Crippen LogP contribution in [0.25, 0.3) is 0 Å². The number of nitrogens with two attached hydrogens (primary N) is 1. The van der Waals surface area contributed by atoms with E-state index in [4.69, 9.17) is 15.2 Å². The first-order chi connectivity index (χ1) is 8.72. The number of rotatable bonds is 1. The Labute approximate surface area is 108 Å². The molecule has 0 aromatic heterocycles. The number of hydrogen-bond acceptors (Lipinski definition) is 3. The minimum absolute atomic E-state index is 0.0168. The summed E-state index contributed by atoms with van der Waals surface area (Å²) in [6.07, 6.45) is 7.06. The Balaban J connectivity index is 1.94. The summed E-state index contributed by atoms with van der Waals surface area (Å²) in [7, 11) is 1.68. The number of benzene rings is 1. The van der Waals surface area contributed by atoms with Crippen LogP contribution >= 0.6 is 0 Å². The highest BCUT2D eigenvalue weighted by atomic mass is 16.5. The second-order valence-corrected chi connectivity index (χ2v) is 5.56. The normalized spacial score (nSPS) is 25.3. The molecule has 1 heterocycles. The van der Waals surface area contributed by atoms with E-state index in [0.717, 1.165) is 36.3 Å². The Morgan fingerprint density at radius 1 is 1.28 bits per heavy atom. The Morgan fingerprint density at radius 2 is 2.06 bits per heavy atom. The first-order valence-electron chi connectivity index (χ1n) is 6.85. The zero-order valence-electron chi connectivity index (χ0n) is 10.9. The zero-order valence-corrected chi connectivity index (χ0v) is 10.9. The van der Waals surface area contributed by atoms with Gasteiger partial charge in [-0.15, -0.1) is 0 Å². The van der Waals surface area contributed by atoms with Gasteiger partial charge >= 0.3 is 0 Å². The van der Waals surface area contributed by atoms with Gasteiger partial charge in [0.25, 0.3) is 0 Å². The van der Waals surface area contributed by atoms with Gasteiger partial charge in [-0.2, -0.15) is 0 Å². The minimum Gasteiger partial charge on any atom is -0.497 e. The first-order valence-corrected chi connectivity index (χ1v) is 6.85. The van der Waals surface area contributed by atoms with E-state index in [1.54, 1.807) is 7.11 Å². The van der Waals surface area contributed by atoms with Gasteiger partial charge in [0.15, 0.2) is 0 Å². The molecule has 1 aliphatic carbocycles. The summed E-state index contributed by atoms with van der Waals surface area (Å²) in [5, 5.41) is 0. The highest BCUT2D eigenvalue weighted by molar-refractivity contribution is 5.44. The number of hydrogen-bond donors (Lipinski definition) is 1. The van der Waals surface area contributed by atoms with Crippen LogP contribution in [0.1, 0.15) is 50.1 Å². The van der Waals surface area contributed by atoms with Crippen LogP contribution in [0, 0.1) is 0 Å². The van der Waals surface area contributed by atoms with Gasteiger partial charge in [-0.1, -0.05) is 12.5 Å². The molecule has 1 aromatic carbocycles. The summed E-state index contributed by atoms with van der Waals surface area (Å²) in [4.78, 5) is 0. The third-order valence-electron chi connectivity index (χ3n) is 4.30. The molecule has 0 radical (unpaired) electrons. The molecule has 3 heteroatoms. The molecule has 18 heavy (non-hydrogen) atoms. The van der Waals surface area contributed by atoms with E-state index < -0.39 is 0 Å². The van der Waals surface area contributed by atoms with E-state index in [0.29, 0.717) is 0 Å². The molecule has 2 N–H and O–H groups in total. The third-order valence-corrected chi connectivity index (χ3v) is 4.30. The van der Waals surface area contributed by atoms with Crippen LogP contribution in [0.2, 0.25) is 0 Å². The van der Waals surface area contributed by atoms with Crippen molar-refractivity contribution in [2.75, 3.05) is 7.11 Å². The molecule has 0 amide bonds. The minimum atomic E-state index is -0.0168. The Bertz CT molecular complexity index is 438. The van der Waals surface area contributed by atoms with Gasteiger partial charge in [0.05, 0.1) is 7.11 Å². The molecule has 1 fully saturated rings. The summed E-state index contributed by atoms with van der Waals surface area (Å²) in [6, 6.07) is 6.07. The van der Waals surface area contributed by atoms with Crippen molar-refractivity contribution in [3.05, 3.63) is 23.8 Å². The third kappa shape index (κ3) is 1.97. The van der Waals surface area contributed by atoms with E-state index >= 15 is 0 Å². The molecule has 3 nitrogen and oxygen atoms in total. The Morgan fingerprint density at radius 3 is 2.78 bits per heavy atom. The van der Waals surface area contributed by atoms with E-state index in [1.807, 2.05) is 18.2 Å². The lowest BCUT2D eigenvalue weighted by Gasteiger charge is -2.43. The lowest BCUT2D eigenvalue weighted by molar-refractivity contribution is 0.00177. The molecule has 1 spiro atoms. The average molecular weight is 247 g/mol. The van der Waals surface area contributed by atoms with E-state index in [-0.39, 0.29) is 11.6 Å². The summed E-state index contributed by atoms with van der Waals surface area (Å²) in [5.74, 6) is 1.77. The predicted octanol–water partition coefficient (Wildman–Crippen LogP) is 3.18. The Kier molecular flexibility index (Phi) is 2.94. The second kappa shape index (κ2) is 4.47. The first kappa shape index (κ1) is 11.8. The topological polar surface area (TPSA) is 44.5 Å². The molecule has 0 bridgehead atoms. The fraction of sp³-hybridized carbons (Fsp3) is 0.600. The maximum atomic E-state index is 6.32. The van der Waals surface area contributed by atoms with Crippen molar-refractivity contribution in [2.45, 2.75) is 50.2 Å². The smallest absolute Gasteiger partial charge is 0.128 e. The fourth-order valence-corrected chi connectivity index (χ4v) is 3.32. The second-order valence-electron chi connectivity index (χ2n) is 5.56. The van der Waals surface area contributed by atoms with E-state index in [2.05, 4.69) is 0 Å². The summed E-state index contributed by atoms with van der Waals surface area (Å²) in [6.45, 7) is 0. The van der Waals surface area contributed by atoms with Gasteiger partial charge in [0.1, 0.15) is 17.1 Å². The largest absolute Gasteiger partial charge is 0.497 e. The van der Waals surface area contributed by atoms with Gasteiger partial charge in [0.2, 0.25) is 0 Å². The summed E-state index contributed by atoms with van der Waals surface area (Å²) in [5.41, 5.74) is 7.42. The van der Waals surface area contributed by atoms with Crippen LogP contribution in [-0.2, 0) is 0 Å². The molecule has 1 aliphatic heterocycles. The van der Waals surface area contributed by atoms with Gasteiger partial charge in [-0.05, 0) is 31.7 Å². The lowest BCUT2D eigenvalue weighted by atomic mass is 9.77. The highest BCUT2D eigenvalue weighted by Crippen LogP contribution is 2.46. The maximum Gasteiger partial charge on any atom is 0.128 e. The Hall–Kier alpha value is -1.22. The molecule has 1 saturated carbocycles. The molecular weight excluding hydrogens is 226 g/mol. The fourth-order valence-electron chi connectivity index (χ4n) is 3.32. The number of methoxy groups -OCH3 is 1. The average Bonchev–Trinajstić information content (AvgIpc) is 2.38.